The van der Waals surface area contributed by atoms with Gasteiger partial charge in [-0.25, -0.2) is 0 Å². The third-order valence-corrected chi connectivity index (χ3v) is 4.13. The minimum atomic E-state index is 0.686. The molecule has 19 heavy (non-hydrogen) atoms. The van der Waals surface area contributed by atoms with Crippen molar-refractivity contribution in [3.8, 4) is 0 Å². The van der Waals surface area contributed by atoms with Crippen LogP contribution in [0.4, 0.5) is 5.69 Å². The van der Waals surface area contributed by atoms with E-state index in [9.17, 15) is 0 Å². The summed E-state index contributed by atoms with van der Waals surface area (Å²) in [5.41, 5.74) is 1.10. The molecule has 0 amide bonds. The number of likely N-dealkylation sites (tertiary alicyclic amines) is 1. The number of hydrogen-bond donors (Lipinski definition) is 1. The average molecular weight is 282 g/mol. The summed E-state index contributed by atoms with van der Waals surface area (Å²) >= 11 is 5.97. The molecule has 3 nitrogen and oxygen atoms in total. The van der Waals surface area contributed by atoms with Crippen molar-refractivity contribution in [2.75, 3.05) is 45.6 Å². The second-order valence-corrected chi connectivity index (χ2v) is 6.14. The summed E-state index contributed by atoms with van der Waals surface area (Å²) in [4.78, 5) is 4.88. The van der Waals surface area contributed by atoms with Crippen LogP contribution in [0.1, 0.15) is 6.92 Å². The number of halogens is 1. The van der Waals surface area contributed by atoms with Gasteiger partial charge in [0.05, 0.1) is 0 Å². The van der Waals surface area contributed by atoms with Crippen molar-refractivity contribution in [3.05, 3.63) is 29.3 Å². The Balaban J connectivity index is 1.75. The molecular formula is C15H24ClN3. The van der Waals surface area contributed by atoms with Gasteiger partial charge in [0.1, 0.15) is 0 Å². The highest BCUT2D eigenvalue weighted by atomic mass is 35.5. The monoisotopic (exact) mass is 281 g/mol. The molecule has 0 radical (unpaired) electrons. The zero-order chi connectivity index (χ0) is 13.8. The van der Waals surface area contributed by atoms with Crippen molar-refractivity contribution < 1.29 is 0 Å². The SMILES string of the molecule is CC1CN(CCNc2cccc(Cl)c2)CC1N(C)C. The Labute approximate surface area is 121 Å². The number of rotatable bonds is 5. The van der Waals surface area contributed by atoms with Gasteiger partial charge in [0.2, 0.25) is 0 Å². The van der Waals surface area contributed by atoms with Crippen molar-refractivity contribution in [2.24, 2.45) is 5.92 Å². The first-order chi connectivity index (χ1) is 9.06. The highest BCUT2D eigenvalue weighted by molar-refractivity contribution is 6.30. The third-order valence-electron chi connectivity index (χ3n) is 3.89. The first kappa shape index (κ1) is 14.6. The lowest BCUT2D eigenvalue weighted by atomic mass is 10.1. The van der Waals surface area contributed by atoms with Crippen LogP contribution < -0.4 is 5.32 Å². The smallest absolute Gasteiger partial charge is 0.0426 e. The quantitative estimate of drug-likeness (QED) is 0.895. The number of hydrogen-bond acceptors (Lipinski definition) is 3. The summed E-state index contributed by atoms with van der Waals surface area (Å²) in [6.07, 6.45) is 0. The van der Waals surface area contributed by atoms with Crippen molar-refractivity contribution in [3.63, 3.8) is 0 Å². The second-order valence-electron chi connectivity index (χ2n) is 5.70. The van der Waals surface area contributed by atoms with E-state index in [-0.39, 0.29) is 0 Å². The molecule has 2 atom stereocenters. The van der Waals surface area contributed by atoms with Gasteiger partial charge >= 0.3 is 0 Å². The molecule has 1 aromatic rings. The number of nitrogens with one attached hydrogen (secondary N) is 1. The van der Waals surface area contributed by atoms with E-state index in [0.717, 1.165) is 29.7 Å². The van der Waals surface area contributed by atoms with Crippen LogP contribution in [0.3, 0.4) is 0 Å². The van der Waals surface area contributed by atoms with E-state index in [2.05, 4.69) is 42.2 Å². The number of likely N-dealkylation sites (N-methyl/N-ethyl adjacent to an activating group) is 1. The van der Waals surface area contributed by atoms with Crippen LogP contribution in [0.2, 0.25) is 5.02 Å². The zero-order valence-electron chi connectivity index (χ0n) is 12.1. The number of anilines is 1. The summed E-state index contributed by atoms with van der Waals surface area (Å²) in [6.45, 7) is 6.76. The highest BCUT2D eigenvalue weighted by Crippen LogP contribution is 2.19. The summed E-state index contributed by atoms with van der Waals surface area (Å²) in [7, 11) is 4.35. The van der Waals surface area contributed by atoms with Crippen molar-refractivity contribution in [1.29, 1.82) is 0 Å². The van der Waals surface area contributed by atoms with E-state index in [4.69, 9.17) is 11.6 Å². The molecule has 1 N–H and O–H groups in total. The predicted octanol–water partition coefficient (Wildman–Crippen LogP) is 2.63. The first-order valence-corrected chi connectivity index (χ1v) is 7.32. The van der Waals surface area contributed by atoms with Crippen LogP contribution in [-0.2, 0) is 0 Å². The van der Waals surface area contributed by atoms with E-state index in [1.54, 1.807) is 0 Å². The average Bonchev–Trinajstić information content (AvgIpc) is 2.71. The molecule has 4 heteroatoms. The number of nitrogens with zero attached hydrogens (tertiary/aromatic N) is 2. The van der Waals surface area contributed by atoms with E-state index in [0.29, 0.717) is 6.04 Å². The second kappa shape index (κ2) is 6.60. The maximum absolute atomic E-state index is 5.97. The Hall–Kier alpha value is -0.770. The summed E-state index contributed by atoms with van der Waals surface area (Å²) in [5.74, 6) is 0.751. The van der Waals surface area contributed by atoms with Crippen molar-refractivity contribution in [1.82, 2.24) is 9.80 Å². The lowest BCUT2D eigenvalue weighted by Crippen LogP contribution is -2.35. The maximum atomic E-state index is 5.97. The summed E-state index contributed by atoms with van der Waals surface area (Å²) in [5, 5.41) is 4.22. The number of benzene rings is 1. The molecule has 0 spiro atoms. The van der Waals surface area contributed by atoms with E-state index in [1.807, 2.05) is 18.2 Å². The van der Waals surface area contributed by atoms with Gasteiger partial charge in [-0.05, 0) is 38.2 Å². The predicted molar refractivity (Wildman–Crippen MR) is 83.0 cm³/mol. The fraction of sp³-hybridized carbons (Fsp3) is 0.600. The zero-order valence-corrected chi connectivity index (χ0v) is 12.8. The van der Waals surface area contributed by atoms with E-state index in [1.165, 1.54) is 13.1 Å². The molecule has 0 saturated carbocycles. The standard InChI is InChI=1S/C15H24ClN3/c1-12-10-19(11-15(12)18(2)3)8-7-17-14-6-4-5-13(16)9-14/h4-6,9,12,15,17H,7-8,10-11H2,1-3H3. The molecule has 1 heterocycles. The van der Waals surface area contributed by atoms with Gasteiger partial charge < -0.3 is 10.2 Å². The molecule has 0 aromatic heterocycles. The van der Waals surface area contributed by atoms with Gasteiger partial charge in [-0.15, -0.1) is 0 Å². The van der Waals surface area contributed by atoms with Crippen LogP contribution in [0, 0.1) is 5.92 Å². The van der Waals surface area contributed by atoms with Gasteiger partial charge in [-0.2, -0.15) is 0 Å². The summed E-state index contributed by atoms with van der Waals surface area (Å²) < 4.78 is 0. The van der Waals surface area contributed by atoms with Crippen LogP contribution >= 0.6 is 11.6 Å². The lowest BCUT2D eigenvalue weighted by Gasteiger charge is -2.22. The Morgan fingerprint density at radius 1 is 1.37 bits per heavy atom. The van der Waals surface area contributed by atoms with Gasteiger partial charge in [0.15, 0.2) is 0 Å². The van der Waals surface area contributed by atoms with Crippen molar-refractivity contribution >= 4 is 17.3 Å². The summed E-state index contributed by atoms with van der Waals surface area (Å²) in [6, 6.07) is 8.59. The third kappa shape index (κ3) is 4.10. The molecule has 2 unspecified atom stereocenters. The highest BCUT2D eigenvalue weighted by Gasteiger charge is 2.30. The fourth-order valence-electron chi connectivity index (χ4n) is 2.86. The van der Waals surface area contributed by atoms with Crippen LogP contribution in [-0.4, -0.2) is 56.1 Å². The Morgan fingerprint density at radius 3 is 2.79 bits per heavy atom. The van der Waals surface area contributed by atoms with Crippen LogP contribution in [0.15, 0.2) is 24.3 Å². The molecule has 2 rings (SSSR count). The molecule has 1 aliphatic rings. The van der Waals surface area contributed by atoms with Crippen LogP contribution in [0.5, 0.6) is 0 Å². The minimum Gasteiger partial charge on any atom is -0.384 e. The molecule has 1 saturated heterocycles. The molecule has 0 bridgehead atoms. The topological polar surface area (TPSA) is 18.5 Å². The normalized spacial score (nSPS) is 24.1. The Morgan fingerprint density at radius 2 is 2.16 bits per heavy atom. The van der Waals surface area contributed by atoms with Crippen molar-refractivity contribution in [2.45, 2.75) is 13.0 Å². The Bertz CT molecular complexity index is 408. The Kier molecular flexibility index (Phi) is 5.08. The van der Waals surface area contributed by atoms with Gasteiger partial charge in [0.25, 0.3) is 0 Å². The largest absolute Gasteiger partial charge is 0.384 e. The molecule has 1 fully saturated rings. The lowest BCUT2D eigenvalue weighted by molar-refractivity contribution is 0.254. The molecular weight excluding hydrogens is 258 g/mol. The minimum absolute atomic E-state index is 0.686. The van der Waals surface area contributed by atoms with Gasteiger partial charge in [0, 0.05) is 42.9 Å². The first-order valence-electron chi connectivity index (χ1n) is 6.94. The molecule has 0 aliphatic carbocycles. The van der Waals surface area contributed by atoms with Gasteiger partial charge in [-0.3, -0.25) is 4.90 Å². The fourth-order valence-corrected chi connectivity index (χ4v) is 3.05. The maximum Gasteiger partial charge on any atom is 0.0426 e. The van der Waals surface area contributed by atoms with Gasteiger partial charge in [-0.1, -0.05) is 24.6 Å². The molecule has 1 aliphatic heterocycles. The molecule has 106 valence electrons. The van der Waals surface area contributed by atoms with E-state index >= 15 is 0 Å². The van der Waals surface area contributed by atoms with Crippen LogP contribution in [0.25, 0.3) is 0 Å². The molecule has 1 aromatic carbocycles. The van der Waals surface area contributed by atoms with E-state index < -0.39 is 0 Å².